The summed E-state index contributed by atoms with van der Waals surface area (Å²) in [7, 11) is 1.86. The van der Waals surface area contributed by atoms with Crippen LogP contribution < -0.4 is 5.32 Å². The fourth-order valence-electron chi connectivity index (χ4n) is 3.55. The average molecular weight is 388 g/mol. The molecule has 1 aliphatic carbocycles. The lowest BCUT2D eigenvalue weighted by atomic mass is 10.0. The number of aromatic nitrogens is 4. The minimum absolute atomic E-state index is 0.0544. The van der Waals surface area contributed by atoms with Crippen LogP contribution in [0.3, 0.4) is 0 Å². The minimum atomic E-state index is -0.114. The Morgan fingerprint density at radius 3 is 2.59 bits per heavy atom. The molecule has 1 fully saturated rings. The van der Waals surface area contributed by atoms with Crippen LogP contribution >= 0.6 is 0 Å². The molecular formula is C22H24N6O. The lowest BCUT2D eigenvalue weighted by Crippen LogP contribution is -2.27. The highest BCUT2D eigenvalue weighted by atomic mass is 16.2. The van der Waals surface area contributed by atoms with Gasteiger partial charge in [-0.2, -0.15) is 15.5 Å². The van der Waals surface area contributed by atoms with E-state index >= 15 is 0 Å². The molecule has 0 atom stereocenters. The molecule has 1 aromatic carbocycles. The fraction of sp³-hybridized carbons (Fsp3) is 0.364. The van der Waals surface area contributed by atoms with E-state index in [1.807, 2.05) is 43.9 Å². The largest absolute Gasteiger partial charge is 0.347 e. The summed E-state index contributed by atoms with van der Waals surface area (Å²) in [5, 5.41) is 21.1. The molecule has 0 radical (unpaired) electrons. The summed E-state index contributed by atoms with van der Waals surface area (Å²) in [6.07, 6.45) is 5.78. The number of nitrogens with one attached hydrogen (secondary N) is 1. The standard InChI is InChI=1S/C22H24N6O/c1-14(2)28-21(22(29)24-11-16-12-25-27(3)13-16)19(17-8-9-17)20(26-28)18-6-4-15(10-23)5-7-18/h4-7,12-14,17H,8-9,11H2,1-3H3,(H,24,29). The van der Waals surface area contributed by atoms with Gasteiger partial charge >= 0.3 is 0 Å². The smallest absolute Gasteiger partial charge is 0.270 e. The second kappa shape index (κ2) is 7.55. The van der Waals surface area contributed by atoms with E-state index in [1.165, 1.54) is 0 Å². The van der Waals surface area contributed by atoms with Crippen molar-refractivity contribution in [1.82, 2.24) is 24.9 Å². The Labute approximate surface area is 170 Å². The van der Waals surface area contributed by atoms with Crippen LogP contribution in [0.5, 0.6) is 0 Å². The van der Waals surface area contributed by atoms with Crippen molar-refractivity contribution < 1.29 is 4.79 Å². The normalized spacial score (nSPS) is 13.5. The number of rotatable bonds is 6. The summed E-state index contributed by atoms with van der Waals surface area (Å²) in [6.45, 7) is 4.49. The lowest BCUT2D eigenvalue weighted by molar-refractivity contribution is 0.0937. The van der Waals surface area contributed by atoms with E-state index in [0.29, 0.717) is 23.7 Å². The van der Waals surface area contributed by atoms with E-state index in [0.717, 1.165) is 35.2 Å². The van der Waals surface area contributed by atoms with E-state index < -0.39 is 0 Å². The van der Waals surface area contributed by atoms with Gasteiger partial charge in [-0.1, -0.05) is 12.1 Å². The molecule has 3 aromatic rings. The van der Waals surface area contributed by atoms with Gasteiger partial charge in [0.25, 0.3) is 5.91 Å². The first-order valence-corrected chi connectivity index (χ1v) is 9.86. The second-order valence-corrected chi connectivity index (χ2v) is 7.82. The number of aryl methyl sites for hydroxylation is 1. The van der Waals surface area contributed by atoms with Gasteiger partial charge in [-0.3, -0.25) is 14.2 Å². The van der Waals surface area contributed by atoms with Crippen LogP contribution in [-0.4, -0.2) is 25.5 Å². The van der Waals surface area contributed by atoms with E-state index in [2.05, 4.69) is 16.5 Å². The van der Waals surface area contributed by atoms with Gasteiger partial charge in [-0.05, 0) is 44.7 Å². The number of carbonyl (C=O) groups is 1. The van der Waals surface area contributed by atoms with Gasteiger partial charge in [-0.15, -0.1) is 0 Å². The zero-order valence-corrected chi connectivity index (χ0v) is 16.9. The molecule has 0 unspecified atom stereocenters. The van der Waals surface area contributed by atoms with Crippen LogP contribution in [0.15, 0.2) is 36.7 Å². The number of amides is 1. The summed E-state index contributed by atoms with van der Waals surface area (Å²) in [6, 6.07) is 9.61. The molecule has 4 rings (SSSR count). The highest BCUT2D eigenvalue weighted by Gasteiger charge is 2.35. The summed E-state index contributed by atoms with van der Waals surface area (Å²) in [5.41, 5.74) is 5.01. The first kappa shape index (κ1) is 18.9. The highest BCUT2D eigenvalue weighted by molar-refractivity contribution is 5.96. The van der Waals surface area contributed by atoms with Gasteiger partial charge in [0.05, 0.1) is 23.5 Å². The van der Waals surface area contributed by atoms with E-state index in [1.54, 1.807) is 23.0 Å². The van der Waals surface area contributed by atoms with E-state index in [9.17, 15) is 4.79 Å². The molecule has 1 saturated carbocycles. The first-order chi connectivity index (χ1) is 14.0. The number of carbonyl (C=O) groups excluding carboxylic acids is 1. The molecule has 0 spiro atoms. The van der Waals surface area contributed by atoms with Crippen LogP contribution in [0.1, 0.15) is 65.8 Å². The Morgan fingerprint density at radius 1 is 1.31 bits per heavy atom. The molecule has 7 nitrogen and oxygen atoms in total. The van der Waals surface area contributed by atoms with Gasteiger partial charge in [-0.25, -0.2) is 0 Å². The molecule has 0 aliphatic heterocycles. The number of nitriles is 1. The second-order valence-electron chi connectivity index (χ2n) is 7.82. The predicted molar refractivity (Wildman–Crippen MR) is 109 cm³/mol. The third-order valence-electron chi connectivity index (χ3n) is 5.14. The molecule has 29 heavy (non-hydrogen) atoms. The molecule has 0 bridgehead atoms. The molecule has 148 valence electrons. The third kappa shape index (κ3) is 3.79. The highest BCUT2D eigenvalue weighted by Crippen LogP contribution is 2.46. The summed E-state index contributed by atoms with van der Waals surface area (Å²) in [5.74, 6) is 0.240. The van der Waals surface area contributed by atoms with Crippen molar-refractivity contribution in [2.24, 2.45) is 7.05 Å². The maximum absolute atomic E-state index is 13.2. The maximum atomic E-state index is 13.2. The molecule has 1 N–H and O–H groups in total. The van der Waals surface area contributed by atoms with Crippen LogP contribution in [0.25, 0.3) is 11.3 Å². The first-order valence-electron chi connectivity index (χ1n) is 9.86. The summed E-state index contributed by atoms with van der Waals surface area (Å²) in [4.78, 5) is 13.2. The van der Waals surface area contributed by atoms with Crippen molar-refractivity contribution in [2.75, 3.05) is 0 Å². The number of hydrogen-bond donors (Lipinski definition) is 1. The number of hydrogen-bond acceptors (Lipinski definition) is 4. The molecule has 1 amide bonds. The Hall–Kier alpha value is -3.40. The average Bonchev–Trinajstić information content (AvgIpc) is 3.34. The van der Waals surface area contributed by atoms with Crippen LogP contribution in [0.4, 0.5) is 0 Å². The molecular weight excluding hydrogens is 364 g/mol. The van der Waals surface area contributed by atoms with Crippen molar-refractivity contribution in [2.45, 2.75) is 45.2 Å². The Bertz CT molecular complexity index is 1080. The summed E-state index contributed by atoms with van der Waals surface area (Å²) < 4.78 is 3.55. The van der Waals surface area contributed by atoms with Crippen LogP contribution in [0, 0.1) is 11.3 Å². The molecule has 7 heteroatoms. The van der Waals surface area contributed by atoms with Crippen molar-refractivity contribution in [3.63, 3.8) is 0 Å². The van der Waals surface area contributed by atoms with E-state index in [4.69, 9.17) is 10.4 Å². The maximum Gasteiger partial charge on any atom is 0.270 e. The van der Waals surface area contributed by atoms with Gasteiger partial charge in [0, 0.05) is 42.5 Å². The Kier molecular flexibility index (Phi) is 4.93. The zero-order chi connectivity index (χ0) is 20.5. The monoisotopic (exact) mass is 388 g/mol. The van der Waals surface area contributed by atoms with Crippen molar-refractivity contribution in [3.8, 4) is 17.3 Å². The molecule has 2 aromatic heterocycles. The van der Waals surface area contributed by atoms with Gasteiger partial charge < -0.3 is 5.32 Å². The minimum Gasteiger partial charge on any atom is -0.347 e. The predicted octanol–water partition coefficient (Wildman–Crippen LogP) is 3.54. The third-order valence-corrected chi connectivity index (χ3v) is 5.14. The van der Waals surface area contributed by atoms with Crippen LogP contribution in [-0.2, 0) is 13.6 Å². The van der Waals surface area contributed by atoms with E-state index in [-0.39, 0.29) is 11.9 Å². The fourth-order valence-corrected chi connectivity index (χ4v) is 3.55. The Morgan fingerprint density at radius 2 is 2.03 bits per heavy atom. The number of nitrogens with zero attached hydrogens (tertiary/aromatic N) is 5. The van der Waals surface area contributed by atoms with Crippen molar-refractivity contribution in [3.05, 3.63) is 59.0 Å². The van der Waals surface area contributed by atoms with Gasteiger partial charge in [0.1, 0.15) is 5.69 Å². The van der Waals surface area contributed by atoms with Crippen molar-refractivity contribution in [1.29, 1.82) is 5.26 Å². The molecule has 1 aliphatic rings. The quantitative estimate of drug-likeness (QED) is 0.699. The molecule has 0 saturated heterocycles. The SMILES string of the molecule is CC(C)n1nc(-c2ccc(C#N)cc2)c(C2CC2)c1C(=O)NCc1cnn(C)c1. The Balaban J connectivity index is 1.72. The van der Waals surface area contributed by atoms with Gasteiger partial charge in [0.15, 0.2) is 0 Å². The van der Waals surface area contributed by atoms with Crippen LogP contribution in [0.2, 0.25) is 0 Å². The van der Waals surface area contributed by atoms with Crippen molar-refractivity contribution >= 4 is 5.91 Å². The van der Waals surface area contributed by atoms with Gasteiger partial charge in [0.2, 0.25) is 0 Å². The summed E-state index contributed by atoms with van der Waals surface area (Å²) >= 11 is 0. The molecule has 2 heterocycles. The number of benzene rings is 1. The lowest BCUT2D eigenvalue weighted by Gasteiger charge is -2.12. The topological polar surface area (TPSA) is 88.5 Å². The zero-order valence-electron chi connectivity index (χ0n) is 16.9.